The third-order valence-corrected chi connectivity index (χ3v) is 8.07. The zero-order valence-corrected chi connectivity index (χ0v) is 20.7. The molecular weight excluding hydrogens is 472 g/mol. The van der Waals surface area contributed by atoms with Gasteiger partial charge in [0, 0.05) is 38.8 Å². The fourth-order valence-corrected chi connectivity index (χ4v) is 5.49. The van der Waals surface area contributed by atoms with Gasteiger partial charge in [0.05, 0.1) is 25.8 Å². The van der Waals surface area contributed by atoms with Gasteiger partial charge in [0.2, 0.25) is 0 Å². The van der Waals surface area contributed by atoms with Crippen LogP contribution < -0.4 is 4.90 Å². The van der Waals surface area contributed by atoms with E-state index in [0.29, 0.717) is 26.1 Å². The standard InChI is InChI=1S/C24H29Cl4N3/c25-19-8-7-18(17-21(19)27)22(30-10-2-1-3-11-30)9-12-29-13-15-31(16-14-29)23-6-4-5-20(26)24(23)28/h4-8,17,22H,1-3,9-16H2. The predicted octanol–water partition coefficient (Wildman–Crippen LogP) is 7.04. The van der Waals surface area contributed by atoms with Gasteiger partial charge in [0.15, 0.2) is 0 Å². The van der Waals surface area contributed by atoms with Crippen molar-refractivity contribution in [2.75, 3.05) is 50.7 Å². The smallest absolute Gasteiger partial charge is 0.0825 e. The number of benzene rings is 2. The number of hydrogen-bond donors (Lipinski definition) is 0. The Morgan fingerprint density at radius 2 is 1.48 bits per heavy atom. The summed E-state index contributed by atoms with van der Waals surface area (Å²) in [6.45, 7) is 7.35. The average Bonchev–Trinajstić information content (AvgIpc) is 2.79. The second kappa shape index (κ2) is 11.0. The first-order chi connectivity index (χ1) is 15.0. The van der Waals surface area contributed by atoms with Gasteiger partial charge in [-0.05, 0) is 62.2 Å². The second-order valence-electron chi connectivity index (χ2n) is 8.48. The molecule has 0 amide bonds. The maximum absolute atomic E-state index is 6.43. The van der Waals surface area contributed by atoms with Crippen LogP contribution in [0.2, 0.25) is 20.1 Å². The molecule has 0 aliphatic carbocycles. The first-order valence-corrected chi connectivity index (χ1v) is 12.6. The molecule has 2 saturated heterocycles. The molecule has 2 aromatic carbocycles. The SMILES string of the molecule is Clc1ccc(C(CCN2CCN(c3cccc(Cl)c3Cl)CC2)N2CCCCC2)cc1Cl. The monoisotopic (exact) mass is 499 g/mol. The van der Waals surface area contributed by atoms with E-state index >= 15 is 0 Å². The van der Waals surface area contributed by atoms with Gasteiger partial charge in [-0.15, -0.1) is 0 Å². The Labute approximate surface area is 205 Å². The third-order valence-electron chi connectivity index (χ3n) is 6.52. The van der Waals surface area contributed by atoms with E-state index in [4.69, 9.17) is 46.4 Å². The molecule has 2 fully saturated rings. The quantitative estimate of drug-likeness (QED) is 0.421. The topological polar surface area (TPSA) is 9.72 Å². The van der Waals surface area contributed by atoms with Crippen LogP contribution in [0.25, 0.3) is 0 Å². The molecule has 2 aliphatic heterocycles. The Bertz CT molecular complexity index is 877. The van der Waals surface area contributed by atoms with Crippen LogP contribution in [-0.2, 0) is 0 Å². The number of halogens is 4. The minimum atomic E-state index is 0.385. The fourth-order valence-electron chi connectivity index (χ4n) is 4.76. The summed E-state index contributed by atoms with van der Waals surface area (Å²) in [6.07, 6.45) is 4.97. The molecule has 1 unspecified atom stereocenters. The lowest BCUT2D eigenvalue weighted by Crippen LogP contribution is -2.47. The van der Waals surface area contributed by atoms with E-state index in [9.17, 15) is 0 Å². The molecule has 1 atom stereocenters. The van der Waals surface area contributed by atoms with Crippen molar-refractivity contribution in [3.63, 3.8) is 0 Å². The Morgan fingerprint density at radius 3 is 2.19 bits per heavy atom. The molecular formula is C24H29Cl4N3. The molecule has 168 valence electrons. The lowest BCUT2D eigenvalue weighted by atomic mass is 9.98. The number of piperazine rings is 1. The highest BCUT2D eigenvalue weighted by atomic mass is 35.5. The van der Waals surface area contributed by atoms with Crippen molar-refractivity contribution in [3.05, 3.63) is 62.1 Å². The molecule has 0 aromatic heterocycles. The van der Waals surface area contributed by atoms with Gasteiger partial charge in [-0.1, -0.05) is 65.0 Å². The largest absolute Gasteiger partial charge is 0.368 e. The summed E-state index contributed by atoms with van der Waals surface area (Å²) in [5.74, 6) is 0. The molecule has 2 heterocycles. The van der Waals surface area contributed by atoms with Crippen molar-refractivity contribution < 1.29 is 0 Å². The Kier molecular flexibility index (Phi) is 8.30. The first-order valence-electron chi connectivity index (χ1n) is 11.1. The molecule has 31 heavy (non-hydrogen) atoms. The van der Waals surface area contributed by atoms with Crippen LogP contribution in [0.3, 0.4) is 0 Å². The van der Waals surface area contributed by atoms with E-state index in [2.05, 4.69) is 32.9 Å². The van der Waals surface area contributed by atoms with Crippen LogP contribution in [-0.4, -0.2) is 55.6 Å². The molecule has 0 N–H and O–H groups in total. The van der Waals surface area contributed by atoms with E-state index in [-0.39, 0.29) is 0 Å². The van der Waals surface area contributed by atoms with Crippen LogP contribution in [0.5, 0.6) is 0 Å². The van der Waals surface area contributed by atoms with Crippen molar-refractivity contribution in [2.24, 2.45) is 0 Å². The molecule has 7 heteroatoms. The first kappa shape index (κ1) is 23.5. The van der Waals surface area contributed by atoms with Gasteiger partial charge >= 0.3 is 0 Å². The lowest BCUT2D eigenvalue weighted by Gasteiger charge is -2.39. The van der Waals surface area contributed by atoms with E-state index in [1.165, 1.54) is 24.8 Å². The minimum absolute atomic E-state index is 0.385. The summed E-state index contributed by atoms with van der Waals surface area (Å²) in [5, 5.41) is 2.54. The van der Waals surface area contributed by atoms with Gasteiger partial charge in [0.25, 0.3) is 0 Å². The summed E-state index contributed by atoms with van der Waals surface area (Å²) in [5.41, 5.74) is 2.32. The fraction of sp³-hybridized carbons (Fsp3) is 0.500. The van der Waals surface area contributed by atoms with Crippen LogP contribution >= 0.6 is 46.4 Å². The summed E-state index contributed by atoms with van der Waals surface area (Å²) >= 11 is 25.2. The molecule has 2 aromatic rings. The lowest BCUT2D eigenvalue weighted by molar-refractivity contribution is 0.137. The van der Waals surface area contributed by atoms with E-state index in [0.717, 1.165) is 57.9 Å². The zero-order chi connectivity index (χ0) is 21.8. The second-order valence-corrected chi connectivity index (χ2v) is 10.1. The van der Waals surface area contributed by atoms with Crippen LogP contribution in [0.15, 0.2) is 36.4 Å². The molecule has 0 saturated carbocycles. The summed E-state index contributed by atoms with van der Waals surface area (Å²) in [6, 6.07) is 12.4. The number of likely N-dealkylation sites (tertiary alicyclic amines) is 1. The molecule has 0 spiro atoms. The highest BCUT2D eigenvalue weighted by Crippen LogP contribution is 2.34. The highest BCUT2D eigenvalue weighted by molar-refractivity contribution is 6.43. The normalized spacial score (nSPS) is 19.5. The highest BCUT2D eigenvalue weighted by Gasteiger charge is 2.25. The van der Waals surface area contributed by atoms with Crippen LogP contribution in [0, 0.1) is 0 Å². The predicted molar refractivity (Wildman–Crippen MR) is 134 cm³/mol. The van der Waals surface area contributed by atoms with Gasteiger partial charge in [-0.25, -0.2) is 0 Å². The Hall–Kier alpha value is -0.680. The maximum atomic E-state index is 6.43. The third kappa shape index (κ3) is 5.82. The van der Waals surface area contributed by atoms with Crippen molar-refractivity contribution in [1.82, 2.24) is 9.80 Å². The van der Waals surface area contributed by atoms with E-state index in [1.807, 2.05) is 18.2 Å². The maximum Gasteiger partial charge on any atom is 0.0825 e. The number of piperidine rings is 1. The molecule has 0 radical (unpaired) electrons. The molecule has 3 nitrogen and oxygen atoms in total. The molecule has 4 rings (SSSR count). The number of nitrogens with zero attached hydrogens (tertiary/aromatic N) is 3. The molecule has 2 aliphatic rings. The van der Waals surface area contributed by atoms with Gasteiger partial charge < -0.3 is 4.90 Å². The van der Waals surface area contributed by atoms with Crippen molar-refractivity contribution in [1.29, 1.82) is 0 Å². The number of hydrogen-bond acceptors (Lipinski definition) is 3. The van der Waals surface area contributed by atoms with Crippen molar-refractivity contribution in [2.45, 2.75) is 31.7 Å². The van der Waals surface area contributed by atoms with Crippen LogP contribution in [0.4, 0.5) is 5.69 Å². The zero-order valence-electron chi connectivity index (χ0n) is 17.7. The van der Waals surface area contributed by atoms with Gasteiger partial charge in [0.1, 0.15) is 0 Å². The number of rotatable bonds is 6. The molecule has 0 bridgehead atoms. The van der Waals surface area contributed by atoms with Crippen LogP contribution in [0.1, 0.15) is 37.3 Å². The Balaban J connectivity index is 1.38. The number of anilines is 1. The van der Waals surface area contributed by atoms with Crippen molar-refractivity contribution >= 4 is 52.1 Å². The Morgan fingerprint density at radius 1 is 0.742 bits per heavy atom. The summed E-state index contributed by atoms with van der Waals surface area (Å²) in [7, 11) is 0. The van der Waals surface area contributed by atoms with E-state index in [1.54, 1.807) is 0 Å². The van der Waals surface area contributed by atoms with E-state index < -0.39 is 0 Å². The van der Waals surface area contributed by atoms with Gasteiger partial charge in [-0.3, -0.25) is 9.80 Å². The average molecular weight is 501 g/mol. The van der Waals surface area contributed by atoms with Gasteiger partial charge in [-0.2, -0.15) is 0 Å². The van der Waals surface area contributed by atoms with Crippen molar-refractivity contribution in [3.8, 4) is 0 Å². The summed E-state index contributed by atoms with van der Waals surface area (Å²) < 4.78 is 0. The minimum Gasteiger partial charge on any atom is -0.368 e. The summed E-state index contributed by atoms with van der Waals surface area (Å²) in [4.78, 5) is 7.53.